The van der Waals surface area contributed by atoms with Crippen molar-refractivity contribution in [3.05, 3.63) is 36.0 Å². The van der Waals surface area contributed by atoms with Gasteiger partial charge in [0.1, 0.15) is 0 Å². The van der Waals surface area contributed by atoms with Crippen molar-refractivity contribution >= 4 is 0 Å². The molecule has 0 amide bonds. The molecule has 0 heterocycles. The average molecular weight is 134 g/mol. The molecule has 1 aliphatic rings. The maximum atomic E-state index is 2.31. The van der Waals surface area contributed by atoms with E-state index in [0.717, 1.165) is 6.42 Å². The standard InChI is InChI=1S/C10H14/c1-9-6-4-3-5-7-10(2)8-9/h3-6,8-9H,7H2,1-2H3/b5-3-,6-4-,10-8-. The summed E-state index contributed by atoms with van der Waals surface area (Å²) in [6.07, 6.45) is 12.0. The van der Waals surface area contributed by atoms with Gasteiger partial charge in [0.05, 0.1) is 0 Å². The van der Waals surface area contributed by atoms with E-state index in [0.29, 0.717) is 5.92 Å². The quantitative estimate of drug-likeness (QED) is 0.446. The predicted molar refractivity (Wildman–Crippen MR) is 45.8 cm³/mol. The van der Waals surface area contributed by atoms with Crippen molar-refractivity contribution in [1.29, 1.82) is 0 Å². The monoisotopic (exact) mass is 134 g/mol. The molecule has 0 N–H and O–H groups in total. The summed E-state index contributed by atoms with van der Waals surface area (Å²) in [5, 5.41) is 0. The summed E-state index contributed by atoms with van der Waals surface area (Å²) in [7, 11) is 0. The molecule has 1 rings (SSSR count). The normalized spacial score (nSPS) is 37.0. The zero-order valence-electron chi connectivity index (χ0n) is 6.67. The second-order valence-corrected chi connectivity index (χ2v) is 2.89. The third kappa shape index (κ3) is 2.22. The Morgan fingerprint density at radius 3 is 3.00 bits per heavy atom. The van der Waals surface area contributed by atoms with Crippen molar-refractivity contribution in [1.82, 2.24) is 0 Å². The number of rotatable bonds is 0. The largest absolute Gasteiger partial charge is 0.0805 e. The number of hydrogen-bond donors (Lipinski definition) is 0. The second kappa shape index (κ2) is 3.40. The Morgan fingerprint density at radius 1 is 1.40 bits per heavy atom. The Bertz CT molecular complexity index is 182. The highest BCUT2D eigenvalue weighted by Crippen LogP contribution is 2.10. The van der Waals surface area contributed by atoms with Crippen LogP contribution in [0.25, 0.3) is 0 Å². The van der Waals surface area contributed by atoms with E-state index >= 15 is 0 Å². The van der Waals surface area contributed by atoms with Crippen molar-refractivity contribution < 1.29 is 0 Å². The second-order valence-electron chi connectivity index (χ2n) is 2.89. The number of allylic oxidation sites excluding steroid dienone is 6. The van der Waals surface area contributed by atoms with Gasteiger partial charge >= 0.3 is 0 Å². The Hall–Kier alpha value is -0.780. The van der Waals surface area contributed by atoms with E-state index in [-0.39, 0.29) is 0 Å². The van der Waals surface area contributed by atoms with Crippen molar-refractivity contribution in [3.8, 4) is 0 Å². The van der Waals surface area contributed by atoms with Gasteiger partial charge in [0.2, 0.25) is 0 Å². The van der Waals surface area contributed by atoms with Crippen LogP contribution in [-0.4, -0.2) is 0 Å². The summed E-state index contributed by atoms with van der Waals surface area (Å²) >= 11 is 0. The van der Waals surface area contributed by atoms with Crippen molar-refractivity contribution in [2.24, 2.45) is 5.92 Å². The zero-order chi connectivity index (χ0) is 7.40. The summed E-state index contributed by atoms with van der Waals surface area (Å²) in [5.74, 6) is 0.602. The van der Waals surface area contributed by atoms with Crippen molar-refractivity contribution in [3.63, 3.8) is 0 Å². The van der Waals surface area contributed by atoms with Gasteiger partial charge in [-0.3, -0.25) is 0 Å². The fourth-order valence-electron chi connectivity index (χ4n) is 1.14. The molecular weight excluding hydrogens is 120 g/mol. The van der Waals surface area contributed by atoms with E-state index in [1.165, 1.54) is 5.57 Å². The van der Waals surface area contributed by atoms with Crippen LogP contribution < -0.4 is 0 Å². The molecule has 10 heavy (non-hydrogen) atoms. The van der Waals surface area contributed by atoms with Gasteiger partial charge in [0, 0.05) is 0 Å². The highest BCUT2D eigenvalue weighted by Gasteiger charge is 1.93. The molecule has 0 spiro atoms. The summed E-state index contributed by atoms with van der Waals surface area (Å²) in [5.41, 5.74) is 1.47. The van der Waals surface area contributed by atoms with E-state index in [9.17, 15) is 0 Å². The summed E-state index contributed by atoms with van der Waals surface area (Å²) in [4.78, 5) is 0. The van der Waals surface area contributed by atoms with E-state index in [4.69, 9.17) is 0 Å². The Morgan fingerprint density at radius 2 is 2.20 bits per heavy atom. The minimum absolute atomic E-state index is 0.602. The van der Waals surface area contributed by atoms with Crippen LogP contribution in [0, 0.1) is 5.92 Å². The van der Waals surface area contributed by atoms with Gasteiger partial charge in [0.25, 0.3) is 0 Å². The van der Waals surface area contributed by atoms with Crippen LogP contribution in [0.4, 0.5) is 0 Å². The van der Waals surface area contributed by atoms with Crippen LogP contribution in [-0.2, 0) is 0 Å². The molecule has 0 radical (unpaired) electrons. The first-order valence-electron chi connectivity index (χ1n) is 3.79. The molecular formula is C10H14. The fourth-order valence-corrected chi connectivity index (χ4v) is 1.14. The molecule has 0 aromatic carbocycles. The van der Waals surface area contributed by atoms with Gasteiger partial charge in [-0.2, -0.15) is 0 Å². The smallest absolute Gasteiger partial charge is 0.00761 e. The van der Waals surface area contributed by atoms with Gasteiger partial charge < -0.3 is 0 Å². The minimum Gasteiger partial charge on any atom is -0.0805 e. The van der Waals surface area contributed by atoms with Gasteiger partial charge in [-0.05, 0) is 19.3 Å². The Labute approximate surface area is 62.9 Å². The molecule has 0 aromatic heterocycles. The lowest BCUT2D eigenvalue weighted by atomic mass is 10.0. The van der Waals surface area contributed by atoms with Crippen LogP contribution in [0.2, 0.25) is 0 Å². The molecule has 0 bridgehead atoms. The summed E-state index contributed by atoms with van der Waals surface area (Å²) in [6, 6.07) is 0. The summed E-state index contributed by atoms with van der Waals surface area (Å²) in [6.45, 7) is 4.39. The summed E-state index contributed by atoms with van der Waals surface area (Å²) < 4.78 is 0. The Balaban J connectivity index is 2.73. The third-order valence-electron chi connectivity index (χ3n) is 1.65. The first kappa shape index (κ1) is 7.33. The molecule has 0 aliphatic heterocycles. The molecule has 0 heteroatoms. The number of hydrogen-bond acceptors (Lipinski definition) is 0. The Kier molecular flexibility index (Phi) is 2.49. The van der Waals surface area contributed by atoms with E-state index < -0.39 is 0 Å². The maximum absolute atomic E-state index is 2.31. The van der Waals surface area contributed by atoms with E-state index in [2.05, 4.69) is 44.2 Å². The van der Waals surface area contributed by atoms with E-state index in [1.54, 1.807) is 0 Å². The lowest BCUT2D eigenvalue weighted by molar-refractivity contribution is 0.912. The molecule has 1 unspecified atom stereocenters. The van der Waals surface area contributed by atoms with E-state index in [1.807, 2.05) is 0 Å². The lowest BCUT2D eigenvalue weighted by Gasteiger charge is -2.03. The highest BCUT2D eigenvalue weighted by atomic mass is 14.0. The van der Waals surface area contributed by atoms with Crippen molar-refractivity contribution in [2.45, 2.75) is 20.3 Å². The SMILES string of the molecule is C/C1=C/C(C)/C=C\C=C/C1. The zero-order valence-corrected chi connectivity index (χ0v) is 6.67. The topological polar surface area (TPSA) is 0 Å². The lowest BCUT2D eigenvalue weighted by Crippen LogP contribution is -1.86. The predicted octanol–water partition coefficient (Wildman–Crippen LogP) is 3.08. The molecule has 0 fully saturated rings. The minimum atomic E-state index is 0.602. The fraction of sp³-hybridized carbons (Fsp3) is 0.400. The average Bonchev–Trinajstić information content (AvgIpc) is 1.83. The van der Waals surface area contributed by atoms with Gasteiger partial charge in [-0.25, -0.2) is 0 Å². The third-order valence-corrected chi connectivity index (χ3v) is 1.65. The van der Waals surface area contributed by atoms with Gasteiger partial charge in [0.15, 0.2) is 0 Å². The molecule has 0 nitrogen and oxygen atoms in total. The van der Waals surface area contributed by atoms with Crippen LogP contribution in [0.15, 0.2) is 36.0 Å². The van der Waals surface area contributed by atoms with Crippen LogP contribution >= 0.6 is 0 Å². The molecule has 0 saturated carbocycles. The molecule has 1 aliphatic carbocycles. The first-order valence-corrected chi connectivity index (χ1v) is 3.79. The van der Waals surface area contributed by atoms with Gasteiger partial charge in [-0.1, -0.05) is 42.9 Å². The van der Waals surface area contributed by atoms with Crippen molar-refractivity contribution in [2.75, 3.05) is 0 Å². The van der Waals surface area contributed by atoms with Crippen LogP contribution in [0.3, 0.4) is 0 Å². The molecule has 54 valence electrons. The maximum Gasteiger partial charge on any atom is -0.00761 e. The first-order chi connectivity index (χ1) is 4.79. The molecule has 0 aromatic rings. The van der Waals surface area contributed by atoms with Gasteiger partial charge in [-0.15, -0.1) is 0 Å². The van der Waals surface area contributed by atoms with Crippen LogP contribution in [0.1, 0.15) is 20.3 Å². The molecule has 0 saturated heterocycles. The molecule has 1 atom stereocenters. The highest BCUT2D eigenvalue weighted by molar-refractivity contribution is 5.17. The van der Waals surface area contributed by atoms with Crippen LogP contribution in [0.5, 0.6) is 0 Å².